The number of furan rings is 1. The molecule has 1 saturated heterocycles. The van der Waals surface area contributed by atoms with Crippen molar-refractivity contribution < 1.29 is 28.2 Å². The second-order valence-corrected chi connectivity index (χ2v) is 11.9. The zero-order chi connectivity index (χ0) is 29.9. The van der Waals surface area contributed by atoms with Crippen LogP contribution in [0.5, 0.6) is 5.75 Å². The van der Waals surface area contributed by atoms with Gasteiger partial charge in [-0.25, -0.2) is 4.39 Å². The number of aromatic nitrogens is 2. The van der Waals surface area contributed by atoms with Gasteiger partial charge < -0.3 is 14.3 Å². The molecule has 5 aromatic rings. The molecule has 3 aromatic carbocycles. The summed E-state index contributed by atoms with van der Waals surface area (Å²) < 4.78 is 25.3. The van der Waals surface area contributed by atoms with Crippen LogP contribution in [0.25, 0.3) is 5.76 Å². The lowest BCUT2D eigenvalue weighted by atomic mass is 9.99. The number of thioether (sulfide) groups is 1. The average molecular weight is 614 g/mol. The van der Waals surface area contributed by atoms with Crippen LogP contribution in [0.4, 0.5) is 9.52 Å². The highest BCUT2D eigenvalue weighted by Gasteiger charge is 2.49. The molecule has 0 saturated carbocycles. The van der Waals surface area contributed by atoms with Gasteiger partial charge in [0.15, 0.2) is 4.34 Å². The zero-order valence-electron chi connectivity index (χ0n) is 22.8. The standard InChI is InChI=1S/C32H24FN3O5S2/c1-19-5-2-3-6-22(19)17-41-24-14-10-21(11-15-24)28(37)26-27(25-7-4-16-40-25)36(30(39)29(26)38)31-34-35-32(43-31)42-18-20-8-12-23(33)13-9-20/h2-16,27,37H,17-18H2,1H3/b28-26+. The molecule has 1 N–H and O–H groups in total. The fourth-order valence-corrected chi connectivity index (χ4v) is 6.45. The number of halogens is 1. The van der Waals surface area contributed by atoms with Gasteiger partial charge in [-0.1, -0.05) is 59.5 Å². The Hall–Kier alpha value is -4.74. The third kappa shape index (κ3) is 5.95. The van der Waals surface area contributed by atoms with E-state index in [-0.39, 0.29) is 28.0 Å². The lowest BCUT2D eigenvalue weighted by Gasteiger charge is -2.20. The quantitative estimate of drug-likeness (QED) is 0.0618. The number of aliphatic hydroxyl groups is 1. The maximum Gasteiger partial charge on any atom is 0.302 e. The molecule has 0 spiro atoms. The van der Waals surface area contributed by atoms with Gasteiger partial charge in [0.1, 0.15) is 35.7 Å². The summed E-state index contributed by atoms with van der Waals surface area (Å²) >= 11 is 2.50. The van der Waals surface area contributed by atoms with Crippen molar-refractivity contribution in [3.05, 3.63) is 131 Å². The number of aliphatic hydroxyl groups excluding tert-OH is 1. The molecule has 0 radical (unpaired) electrons. The Kier molecular flexibility index (Phi) is 8.08. The summed E-state index contributed by atoms with van der Waals surface area (Å²) in [6.45, 7) is 2.40. The third-order valence-corrected chi connectivity index (χ3v) is 9.04. The smallest absolute Gasteiger partial charge is 0.302 e. The molecule has 11 heteroatoms. The van der Waals surface area contributed by atoms with Gasteiger partial charge in [-0.2, -0.15) is 0 Å². The molecule has 216 valence electrons. The summed E-state index contributed by atoms with van der Waals surface area (Å²) in [5, 5.41) is 19.9. The number of rotatable bonds is 9. The van der Waals surface area contributed by atoms with Crippen LogP contribution in [-0.2, 0) is 21.9 Å². The molecular formula is C32H24FN3O5S2. The number of carbonyl (C=O) groups excluding carboxylic acids is 2. The molecule has 2 aromatic heterocycles. The molecule has 1 aliphatic heterocycles. The van der Waals surface area contributed by atoms with Crippen LogP contribution in [0.15, 0.2) is 106 Å². The molecule has 0 aliphatic carbocycles. The van der Waals surface area contributed by atoms with E-state index in [1.54, 1.807) is 48.5 Å². The number of ketones is 1. The van der Waals surface area contributed by atoms with Gasteiger partial charge in [0.25, 0.3) is 5.78 Å². The maximum atomic E-state index is 13.4. The lowest BCUT2D eigenvalue weighted by molar-refractivity contribution is -0.132. The van der Waals surface area contributed by atoms with Gasteiger partial charge in [0.2, 0.25) is 5.13 Å². The van der Waals surface area contributed by atoms with E-state index in [1.165, 1.54) is 35.1 Å². The first-order valence-electron chi connectivity index (χ1n) is 13.2. The summed E-state index contributed by atoms with van der Waals surface area (Å²) in [6, 6.07) is 22.9. The van der Waals surface area contributed by atoms with Crippen molar-refractivity contribution in [3.63, 3.8) is 0 Å². The lowest BCUT2D eigenvalue weighted by Crippen LogP contribution is -2.29. The number of amides is 1. The average Bonchev–Trinajstić information content (AvgIpc) is 3.77. The molecule has 3 heterocycles. The largest absolute Gasteiger partial charge is 0.507 e. The highest BCUT2D eigenvalue weighted by molar-refractivity contribution is 8.00. The Morgan fingerprint density at radius 2 is 1.79 bits per heavy atom. The highest BCUT2D eigenvalue weighted by atomic mass is 32.2. The summed E-state index contributed by atoms with van der Waals surface area (Å²) in [4.78, 5) is 27.9. The molecule has 8 nitrogen and oxygen atoms in total. The van der Waals surface area contributed by atoms with Crippen LogP contribution in [0.3, 0.4) is 0 Å². The van der Waals surface area contributed by atoms with E-state index < -0.39 is 17.7 Å². The molecular weight excluding hydrogens is 590 g/mol. The highest BCUT2D eigenvalue weighted by Crippen LogP contribution is 2.44. The van der Waals surface area contributed by atoms with Crippen LogP contribution >= 0.6 is 23.1 Å². The van der Waals surface area contributed by atoms with E-state index in [4.69, 9.17) is 9.15 Å². The van der Waals surface area contributed by atoms with Gasteiger partial charge >= 0.3 is 5.91 Å². The Morgan fingerprint density at radius 3 is 2.51 bits per heavy atom. The van der Waals surface area contributed by atoms with Gasteiger partial charge in [-0.05, 0) is 72.1 Å². The molecule has 6 rings (SSSR count). The minimum absolute atomic E-state index is 0.121. The number of hydrogen-bond acceptors (Lipinski definition) is 9. The van der Waals surface area contributed by atoms with E-state index >= 15 is 0 Å². The molecule has 1 unspecified atom stereocenters. The predicted octanol–water partition coefficient (Wildman–Crippen LogP) is 7.08. The van der Waals surface area contributed by atoms with Crippen molar-refractivity contribution in [1.29, 1.82) is 0 Å². The van der Waals surface area contributed by atoms with Gasteiger partial charge in [0, 0.05) is 11.3 Å². The first-order valence-corrected chi connectivity index (χ1v) is 15.0. The van der Waals surface area contributed by atoms with Gasteiger partial charge in [0.05, 0.1) is 11.8 Å². The van der Waals surface area contributed by atoms with E-state index in [9.17, 15) is 19.1 Å². The van der Waals surface area contributed by atoms with Crippen molar-refractivity contribution >= 4 is 45.7 Å². The van der Waals surface area contributed by atoms with E-state index in [1.807, 2.05) is 31.2 Å². The Labute approximate surface area is 254 Å². The van der Waals surface area contributed by atoms with E-state index in [2.05, 4.69) is 10.2 Å². The number of benzene rings is 3. The van der Waals surface area contributed by atoms with Crippen LogP contribution in [-0.4, -0.2) is 27.0 Å². The first kappa shape index (κ1) is 28.4. The molecule has 1 fully saturated rings. The van der Waals surface area contributed by atoms with Crippen LogP contribution in [0.2, 0.25) is 0 Å². The second kappa shape index (κ2) is 12.2. The molecule has 1 amide bonds. The normalized spacial score (nSPS) is 16.1. The SMILES string of the molecule is Cc1ccccc1COc1ccc(/C(O)=C2\C(=O)C(=O)N(c3nnc(SCc4ccc(F)cc4)s3)C2c2ccco2)cc1. The fraction of sp³-hybridized carbons (Fsp3) is 0.125. The van der Waals surface area contributed by atoms with Crippen LogP contribution in [0.1, 0.15) is 34.1 Å². The van der Waals surface area contributed by atoms with Crippen molar-refractivity contribution in [2.24, 2.45) is 0 Å². The minimum atomic E-state index is -1.05. The number of aryl methyl sites for hydroxylation is 1. The van der Waals surface area contributed by atoms with Crippen molar-refractivity contribution in [1.82, 2.24) is 10.2 Å². The van der Waals surface area contributed by atoms with Gasteiger partial charge in [-0.3, -0.25) is 14.5 Å². The third-order valence-electron chi connectivity index (χ3n) is 6.92. The fourth-order valence-electron chi connectivity index (χ4n) is 4.63. The summed E-state index contributed by atoms with van der Waals surface area (Å²) in [6.07, 6.45) is 1.43. The van der Waals surface area contributed by atoms with Gasteiger partial charge in [-0.15, -0.1) is 10.2 Å². The van der Waals surface area contributed by atoms with Crippen molar-refractivity contribution in [2.45, 2.75) is 29.7 Å². The van der Waals surface area contributed by atoms with E-state index in [0.29, 0.717) is 28.0 Å². The van der Waals surface area contributed by atoms with Crippen molar-refractivity contribution in [2.75, 3.05) is 4.90 Å². The van der Waals surface area contributed by atoms with Crippen LogP contribution < -0.4 is 9.64 Å². The second-order valence-electron chi connectivity index (χ2n) is 9.69. The first-order chi connectivity index (χ1) is 20.9. The predicted molar refractivity (Wildman–Crippen MR) is 161 cm³/mol. The molecule has 0 bridgehead atoms. The maximum absolute atomic E-state index is 13.4. The topological polar surface area (TPSA) is 106 Å². The Morgan fingerprint density at radius 1 is 1.02 bits per heavy atom. The Bertz CT molecular complexity index is 1800. The number of nitrogens with zero attached hydrogens (tertiary/aromatic N) is 3. The number of anilines is 1. The monoisotopic (exact) mass is 613 g/mol. The number of ether oxygens (including phenoxy) is 1. The van der Waals surface area contributed by atoms with Crippen molar-refractivity contribution in [3.8, 4) is 5.75 Å². The molecule has 1 atom stereocenters. The minimum Gasteiger partial charge on any atom is -0.507 e. The summed E-state index contributed by atoms with van der Waals surface area (Å²) in [5.74, 6) is -0.996. The number of Topliss-reactive ketones (excluding diaryl/α,β-unsaturated/α-hetero) is 1. The Balaban J connectivity index is 1.26. The summed E-state index contributed by atoms with van der Waals surface area (Å²) in [5.41, 5.74) is 3.29. The van der Waals surface area contributed by atoms with E-state index in [0.717, 1.165) is 28.0 Å². The number of carbonyl (C=O) groups is 2. The number of hydrogen-bond donors (Lipinski definition) is 1. The summed E-state index contributed by atoms with van der Waals surface area (Å²) in [7, 11) is 0. The molecule has 43 heavy (non-hydrogen) atoms. The van der Waals surface area contributed by atoms with Crippen LogP contribution in [0, 0.1) is 12.7 Å². The zero-order valence-corrected chi connectivity index (χ0v) is 24.4. The molecule has 1 aliphatic rings.